The normalized spacial score (nSPS) is 10.5. The Hall–Kier alpha value is -4.80. The van der Waals surface area contributed by atoms with Gasteiger partial charge in [0.15, 0.2) is 11.5 Å². The van der Waals surface area contributed by atoms with Crippen LogP contribution >= 0.6 is 0 Å². The van der Waals surface area contributed by atoms with Crippen molar-refractivity contribution in [1.82, 2.24) is 0 Å². The summed E-state index contributed by atoms with van der Waals surface area (Å²) in [5.74, 6) is -1.33. The van der Waals surface area contributed by atoms with Crippen molar-refractivity contribution in [2.24, 2.45) is 0 Å². The van der Waals surface area contributed by atoms with Crippen LogP contribution in [0.1, 0.15) is 25.0 Å². The highest BCUT2D eigenvalue weighted by molar-refractivity contribution is 5.80. The number of hydrogen-bond acceptors (Lipinski definition) is 9. The predicted molar refractivity (Wildman–Crippen MR) is 127 cm³/mol. The second kappa shape index (κ2) is 11.6. The number of esters is 2. The van der Waals surface area contributed by atoms with Crippen LogP contribution in [-0.2, 0) is 22.4 Å². The monoisotopic (exact) mass is 494 g/mol. The second-order valence-electron chi connectivity index (χ2n) is 7.90. The topological polar surface area (TPSA) is 148 Å². The van der Waals surface area contributed by atoms with E-state index in [2.05, 4.69) is 0 Å². The van der Waals surface area contributed by atoms with Crippen molar-refractivity contribution >= 4 is 23.3 Å². The predicted octanol–water partition coefficient (Wildman–Crippen LogP) is 4.59. The number of nitro benzene ring substituents is 2. The summed E-state index contributed by atoms with van der Waals surface area (Å²) in [6.07, 6.45) is -0.642. The van der Waals surface area contributed by atoms with Gasteiger partial charge in [-0.25, -0.2) is 0 Å². The number of carbonyl (C=O) groups excluding carboxylic acids is 2. The number of nitro groups is 2. The van der Waals surface area contributed by atoms with Crippen LogP contribution in [-0.4, -0.2) is 27.9 Å². The van der Waals surface area contributed by atoms with Gasteiger partial charge in [-0.05, 0) is 37.1 Å². The lowest BCUT2D eigenvalue weighted by atomic mass is 10.1. The molecule has 0 aliphatic heterocycles. The zero-order valence-corrected chi connectivity index (χ0v) is 19.4. The summed E-state index contributed by atoms with van der Waals surface area (Å²) in [6, 6.07) is 15.5. The molecule has 0 heterocycles. The minimum atomic E-state index is -0.698. The lowest BCUT2D eigenvalue weighted by Gasteiger charge is -2.17. The standard InChI is InChI=1S/C25H22N2O9/c1-16(2)34-21-4-3-5-22(35-23(28)14-17-6-10-19(11-7-17)26(30)31)25(21)36-24(29)15-18-8-12-20(13-9-18)27(32)33/h3-13,16H,14-15H2,1-2H3. The van der Waals surface area contributed by atoms with Gasteiger partial charge in [0.05, 0.1) is 28.8 Å². The lowest BCUT2D eigenvalue weighted by Crippen LogP contribution is -2.16. The molecule has 0 saturated heterocycles. The number of ether oxygens (including phenoxy) is 3. The summed E-state index contributed by atoms with van der Waals surface area (Å²) in [5.41, 5.74) is 0.777. The summed E-state index contributed by atoms with van der Waals surface area (Å²) in [7, 11) is 0. The molecule has 0 bridgehead atoms. The Morgan fingerprint density at radius 3 is 1.61 bits per heavy atom. The van der Waals surface area contributed by atoms with E-state index in [1.54, 1.807) is 26.0 Å². The molecule has 0 unspecified atom stereocenters. The summed E-state index contributed by atoms with van der Waals surface area (Å²) in [5, 5.41) is 21.6. The van der Waals surface area contributed by atoms with Gasteiger partial charge in [-0.2, -0.15) is 0 Å². The maximum atomic E-state index is 12.6. The Balaban J connectivity index is 1.77. The summed E-state index contributed by atoms with van der Waals surface area (Å²) >= 11 is 0. The molecule has 0 N–H and O–H groups in total. The highest BCUT2D eigenvalue weighted by atomic mass is 16.6. The number of benzene rings is 3. The number of nitrogens with zero attached hydrogens (tertiary/aromatic N) is 2. The van der Waals surface area contributed by atoms with Gasteiger partial charge in [-0.15, -0.1) is 0 Å². The van der Waals surface area contributed by atoms with Gasteiger partial charge < -0.3 is 14.2 Å². The van der Waals surface area contributed by atoms with Crippen LogP contribution in [0.3, 0.4) is 0 Å². The number of non-ortho nitro benzene ring substituents is 2. The summed E-state index contributed by atoms with van der Waals surface area (Å²) in [6.45, 7) is 3.55. The summed E-state index contributed by atoms with van der Waals surface area (Å²) in [4.78, 5) is 45.7. The molecule has 0 atom stereocenters. The van der Waals surface area contributed by atoms with Crippen molar-refractivity contribution in [3.63, 3.8) is 0 Å². The first-order chi connectivity index (χ1) is 17.1. The molecule has 3 aromatic rings. The van der Waals surface area contributed by atoms with Crippen molar-refractivity contribution in [2.75, 3.05) is 0 Å². The number of rotatable bonds is 10. The molecule has 0 radical (unpaired) electrons. The molecule has 0 aliphatic rings. The number of para-hydroxylation sites is 1. The highest BCUT2D eigenvalue weighted by Gasteiger charge is 2.21. The Kier molecular flexibility index (Phi) is 8.29. The van der Waals surface area contributed by atoms with Crippen LogP contribution in [0.2, 0.25) is 0 Å². The van der Waals surface area contributed by atoms with Crippen LogP contribution in [0, 0.1) is 20.2 Å². The minimum Gasteiger partial charge on any atom is -0.487 e. The molecular weight excluding hydrogens is 472 g/mol. The van der Waals surface area contributed by atoms with Gasteiger partial charge in [0, 0.05) is 24.3 Å². The van der Waals surface area contributed by atoms with Crippen molar-refractivity contribution in [3.8, 4) is 17.2 Å². The van der Waals surface area contributed by atoms with Crippen LogP contribution in [0.15, 0.2) is 66.7 Å². The van der Waals surface area contributed by atoms with E-state index in [4.69, 9.17) is 14.2 Å². The first kappa shape index (κ1) is 25.8. The van der Waals surface area contributed by atoms with Crippen LogP contribution in [0.4, 0.5) is 11.4 Å². The SMILES string of the molecule is CC(C)Oc1cccc(OC(=O)Cc2ccc([N+](=O)[O-])cc2)c1OC(=O)Cc1ccc([N+](=O)[O-])cc1. The van der Waals surface area contributed by atoms with Crippen LogP contribution in [0.5, 0.6) is 17.2 Å². The fraction of sp³-hybridized carbons (Fsp3) is 0.200. The largest absolute Gasteiger partial charge is 0.487 e. The van der Waals surface area contributed by atoms with Crippen molar-refractivity contribution in [2.45, 2.75) is 32.8 Å². The third-order valence-corrected chi connectivity index (χ3v) is 4.74. The molecule has 3 aromatic carbocycles. The van der Waals surface area contributed by atoms with Crippen molar-refractivity contribution in [1.29, 1.82) is 0 Å². The van der Waals surface area contributed by atoms with Gasteiger partial charge in [0.25, 0.3) is 11.4 Å². The van der Waals surface area contributed by atoms with E-state index >= 15 is 0 Å². The summed E-state index contributed by atoms with van der Waals surface area (Å²) < 4.78 is 16.6. The first-order valence-electron chi connectivity index (χ1n) is 10.8. The van der Waals surface area contributed by atoms with Gasteiger partial charge >= 0.3 is 11.9 Å². The Bertz CT molecular complexity index is 1270. The van der Waals surface area contributed by atoms with E-state index in [9.17, 15) is 29.8 Å². The molecule has 0 fully saturated rings. The zero-order chi connectivity index (χ0) is 26.2. The van der Waals surface area contributed by atoms with Gasteiger partial charge in [0.1, 0.15) is 0 Å². The molecule has 3 rings (SSSR count). The Morgan fingerprint density at radius 2 is 1.17 bits per heavy atom. The molecule has 11 nitrogen and oxygen atoms in total. The quantitative estimate of drug-likeness (QED) is 0.171. The third-order valence-electron chi connectivity index (χ3n) is 4.74. The second-order valence-corrected chi connectivity index (χ2v) is 7.90. The van der Waals surface area contributed by atoms with Crippen LogP contribution < -0.4 is 14.2 Å². The molecule has 0 amide bonds. The van der Waals surface area contributed by atoms with E-state index in [0.717, 1.165) is 0 Å². The molecular formula is C25H22N2O9. The molecule has 186 valence electrons. The maximum absolute atomic E-state index is 12.6. The maximum Gasteiger partial charge on any atom is 0.315 e. The fourth-order valence-corrected chi connectivity index (χ4v) is 3.14. The van der Waals surface area contributed by atoms with Gasteiger partial charge in [0.2, 0.25) is 5.75 Å². The molecule has 0 aliphatic carbocycles. The van der Waals surface area contributed by atoms with Gasteiger partial charge in [-0.3, -0.25) is 29.8 Å². The average molecular weight is 494 g/mol. The molecule has 0 aromatic heterocycles. The molecule has 0 spiro atoms. The van der Waals surface area contributed by atoms with Crippen molar-refractivity contribution < 1.29 is 33.6 Å². The highest BCUT2D eigenvalue weighted by Crippen LogP contribution is 2.38. The zero-order valence-electron chi connectivity index (χ0n) is 19.4. The fourth-order valence-electron chi connectivity index (χ4n) is 3.14. The number of carbonyl (C=O) groups is 2. The molecule has 0 saturated carbocycles. The molecule has 11 heteroatoms. The third kappa shape index (κ3) is 7.10. The van der Waals surface area contributed by atoms with E-state index in [1.807, 2.05) is 0 Å². The first-order valence-corrected chi connectivity index (χ1v) is 10.8. The van der Waals surface area contributed by atoms with E-state index in [1.165, 1.54) is 54.6 Å². The van der Waals surface area contributed by atoms with E-state index in [0.29, 0.717) is 11.1 Å². The van der Waals surface area contributed by atoms with Gasteiger partial charge in [-0.1, -0.05) is 30.3 Å². The Labute approximate surface area is 205 Å². The van der Waals surface area contributed by atoms with E-state index < -0.39 is 21.8 Å². The molecule has 36 heavy (non-hydrogen) atoms. The smallest absolute Gasteiger partial charge is 0.315 e. The number of hydrogen-bond donors (Lipinski definition) is 0. The average Bonchev–Trinajstić information content (AvgIpc) is 2.81. The van der Waals surface area contributed by atoms with Crippen LogP contribution in [0.25, 0.3) is 0 Å². The Morgan fingerprint density at radius 1 is 0.722 bits per heavy atom. The van der Waals surface area contributed by atoms with E-state index in [-0.39, 0.29) is 47.6 Å². The van der Waals surface area contributed by atoms with Crippen molar-refractivity contribution in [3.05, 3.63) is 98.1 Å². The minimum absolute atomic E-state index is 0.0443. The lowest BCUT2D eigenvalue weighted by molar-refractivity contribution is -0.385.